The molecule has 17 heavy (non-hydrogen) atoms. The Morgan fingerprint density at radius 3 is 2.59 bits per heavy atom. The van der Waals surface area contributed by atoms with Crippen molar-refractivity contribution in [1.29, 1.82) is 5.26 Å². The molecule has 0 saturated heterocycles. The van der Waals surface area contributed by atoms with E-state index in [-0.39, 0.29) is 16.7 Å². The zero-order chi connectivity index (χ0) is 12.6. The lowest BCUT2D eigenvalue weighted by Gasteiger charge is -2.03. The first kappa shape index (κ1) is 11.3. The average molecular weight is 240 g/mol. The molecule has 3 nitrogen and oxygen atoms in total. The Balaban J connectivity index is 2.85. The fourth-order valence-corrected chi connectivity index (χ4v) is 1.69. The highest BCUT2D eigenvalue weighted by molar-refractivity contribution is 5.91. The molecule has 1 aromatic heterocycles. The molecule has 88 valence electrons. The second kappa shape index (κ2) is 3.70. The summed E-state index contributed by atoms with van der Waals surface area (Å²) in [4.78, 5) is 2.20. The summed E-state index contributed by atoms with van der Waals surface area (Å²) in [6, 6.07) is 6.08. The van der Waals surface area contributed by atoms with Gasteiger partial charge in [0.15, 0.2) is 0 Å². The van der Waals surface area contributed by atoms with Crippen LogP contribution >= 0.6 is 0 Å². The van der Waals surface area contributed by atoms with Crippen LogP contribution in [0.1, 0.15) is 11.3 Å². The van der Waals surface area contributed by atoms with Crippen LogP contribution in [-0.2, 0) is 6.18 Å². The first-order valence-electron chi connectivity index (χ1n) is 4.65. The van der Waals surface area contributed by atoms with Crippen molar-refractivity contribution in [1.82, 2.24) is 4.98 Å². The number of benzene rings is 1. The molecule has 0 aliphatic heterocycles. The minimum atomic E-state index is -4.59. The summed E-state index contributed by atoms with van der Waals surface area (Å²) in [5.41, 5.74) is -1.27. The van der Waals surface area contributed by atoms with Crippen molar-refractivity contribution in [3.8, 4) is 11.8 Å². The van der Waals surface area contributed by atoms with E-state index in [0.29, 0.717) is 0 Å². The van der Waals surface area contributed by atoms with Crippen LogP contribution in [0.5, 0.6) is 5.75 Å². The Bertz CT molecular complexity index is 607. The summed E-state index contributed by atoms with van der Waals surface area (Å²) in [5.74, 6) is 0.273. The van der Waals surface area contributed by atoms with Gasteiger partial charge >= 0.3 is 6.18 Å². The molecule has 0 atom stereocenters. The van der Waals surface area contributed by atoms with Crippen molar-refractivity contribution < 1.29 is 17.9 Å². The standard InChI is InChI=1S/C11H7F3N2O/c1-17-8-4-2-3-6-7(5-15)10(11(12,13)14)16-9(6)8/h2-4,16H,1H3. The number of nitriles is 1. The summed E-state index contributed by atoms with van der Waals surface area (Å²) in [7, 11) is 1.36. The van der Waals surface area contributed by atoms with Gasteiger partial charge < -0.3 is 9.72 Å². The lowest BCUT2D eigenvalue weighted by atomic mass is 10.1. The van der Waals surface area contributed by atoms with Gasteiger partial charge in [0.1, 0.15) is 17.5 Å². The van der Waals surface area contributed by atoms with Crippen LogP contribution in [0, 0.1) is 11.3 Å². The van der Waals surface area contributed by atoms with E-state index in [2.05, 4.69) is 4.98 Å². The van der Waals surface area contributed by atoms with Crippen molar-refractivity contribution >= 4 is 10.9 Å². The molecule has 0 aliphatic rings. The van der Waals surface area contributed by atoms with Crippen molar-refractivity contribution in [3.63, 3.8) is 0 Å². The Morgan fingerprint density at radius 2 is 2.06 bits per heavy atom. The highest BCUT2D eigenvalue weighted by atomic mass is 19.4. The number of halogens is 3. The van der Waals surface area contributed by atoms with Crippen LogP contribution in [0.25, 0.3) is 10.9 Å². The Hall–Kier alpha value is -2.16. The van der Waals surface area contributed by atoms with E-state index in [0.717, 1.165) is 0 Å². The summed E-state index contributed by atoms with van der Waals surface area (Å²) in [5, 5.41) is 9.03. The Labute approximate surface area is 94.4 Å². The van der Waals surface area contributed by atoms with E-state index >= 15 is 0 Å². The predicted octanol–water partition coefficient (Wildman–Crippen LogP) is 3.07. The van der Waals surface area contributed by atoms with Gasteiger partial charge in [0, 0.05) is 5.39 Å². The number of nitrogens with zero attached hydrogens (tertiary/aromatic N) is 1. The number of fused-ring (bicyclic) bond motifs is 1. The van der Waals surface area contributed by atoms with E-state index in [4.69, 9.17) is 10.00 Å². The SMILES string of the molecule is COc1cccc2c(C#N)c(C(F)(F)F)[nH]c12. The number of hydrogen-bond acceptors (Lipinski definition) is 2. The minimum Gasteiger partial charge on any atom is -0.495 e. The maximum atomic E-state index is 12.7. The molecule has 0 bridgehead atoms. The van der Waals surface area contributed by atoms with Crippen LogP contribution in [0.2, 0.25) is 0 Å². The molecule has 2 aromatic rings. The van der Waals surface area contributed by atoms with Gasteiger partial charge in [-0.15, -0.1) is 0 Å². The second-order valence-electron chi connectivity index (χ2n) is 3.37. The molecule has 0 unspecified atom stereocenters. The number of ether oxygens (including phenoxy) is 1. The van der Waals surface area contributed by atoms with E-state index in [1.54, 1.807) is 6.07 Å². The minimum absolute atomic E-state index is 0.180. The first-order valence-corrected chi connectivity index (χ1v) is 4.65. The molecule has 0 aliphatic carbocycles. The molecular formula is C11H7F3N2O. The van der Waals surface area contributed by atoms with Crippen molar-refractivity contribution in [2.24, 2.45) is 0 Å². The number of alkyl halides is 3. The molecule has 0 fully saturated rings. The third kappa shape index (κ3) is 1.69. The summed E-state index contributed by atoms with van der Waals surface area (Å²) >= 11 is 0. The number of aromatic nitrogens is 1. The van der Waals surface area contributed by atoms with E-state index in [1.807, 2.05) is 0 Å². The normalized spacial score (nSPS) is 11.5. The fraction of sp³-hybridized carbons (Fsp3) is 0.182. The van der Waals surface area contributed by atoms with Gasteiger partial charge in [0.2, 0.25) is 0 Å². The molecule has 1 heterocycles. The van der Waals surface area contributed by atoms with Crippen LogP contribution in [0.4, 0.5) is 13.2 Å². The maximum absolute atomic E-state index is 12.7. The third-order valence-electron chi connectivity index (χ3n) is 2.41. The van der Waals surface area contributed by atoms with Gasteiger partial charge in [-0.2, -0.15) is 18.4 Å². The van der Waals surface area contributed by atoms with Gasteiger partial charge in [-0.1, -0.05) is 12.1 Å². The quantitative estimate of drug-likeness (QED) is 0.832. The van der Waals surface area contributed by atoms with Gasteiger partial charge in [-0.25, -0.2) is 0 Å². The molecular weight excluding hydrogens is 233 g/mol. The molecule has 2 rings (SSSR count). The van der Waals surface area contributed by atoms with Crippen molar-refractivity contribution in [2.75, 3.05) is 7.11 Å². The fourth-order valence-electron chi connectivity index (χ4n) is 1.69. The number of H-pyrrole nitrogens is 1. The number of nitrogens with one attached hydrogen (secondary N) is 1. The first-order chi connectivity index (χ1) is 7.99. The van der Waals surface area contributed by atoms with Crippen LogP contribution in [0.3, 0.4) is 0 Å². The van der Waals surface area contributed by atoms with E-state index in [1.165, 1.54) is 25.3 Å². The number of hydrogen-bond donors (Lipinski definition) is 1. The van der Waals surface area contributed by atoms with E-state index in [9.17, 15) is 13.2 Å². The summed E-state index contributed by atoms with van der Waals surface area (Å²) < 4.78 is 43.0. The Kier molecular flexibility index (Phi) is 2.46. The van der Waals surface area contributed by atoms with Crippen molar-refractivity contribution in [3.05, 3.63) is 29.5 Å². The second-order valence-corrected chi connectivity index (χ2v) is 3.37. The van der Waals surface area contributed by atoms with Crippen LogP contribution < -0.4 is 4.74 Å². The average Bonchev–Trinajstić information content (AvgIpc) is 2.66. The Morgan fingerprint density at radius 1 is 1.35 bits per heavy atom. The lowest BCUT2D eigenvalue weighted by Crippen LogP contribution is -2.07. The molecule has 6 heteroatoms. The lowest BCUT2D eigenvalue weighted by molar-refractivity contribution is -0.140. The topological polar surface area (TPSA) is 48.8 Å². The number of aromatic amines is 1. The number of rotatable bonds is 1. The number of methoxy groups -OCH3 is 1. The zero-order valence-corrected chi connectivity index (χ0v) is 8.72. The van der Waals surface area contributed by atoms with Gasteiger partial charge in [0.25, 0.3) is 0 Å². The largest absolute Gasteiger partial charge is 0.495 e. The highest BCUT2D eigenvalue weighted by Gasteiger charge is 2.37. The predicted molar refractivity (Wildman–Crippen MR) is 54.6 cm³/mol. The van der Waals surface area contributed by atoms with Crippen LogP contribution in [-0.4, -0.2) is 12.1 Å². The molecule has 1 N–H and O–H groups in total. The van der Waals surface area contributed by atoms with Gasteiger partial charge in [0.05, 0.1) is 18.2 Å². The molecule has 0 amide bonds. The smallest absolute Gasteiger partial charge is 0.432 e. The zero-order valence-electron chi connectivity index (χ0n) is 8.72. The highest BCUT2D eigenvalue weighted by Crippen LogP contribution is 2.37. The molecule has 0 radical (unpaired) electrons. The third-order valence-corrected chi connectivity index (χ3v) is 2.41. The molecule has 0 saturated carbocycles. The van der Waals surface area contributed by atoms with Crippen LogP contribution in [0.15, 0.2) is 18.2 Å². The number of para-hydroxylation sites is 1. The summed E-state index contributed by atoms with van der Waals surface area (Å²) in [6.45, 7) is 0. The summed E-state index contributed by atoms with van der Waals surface area (Å²) in [6.07, 6.45) is -4.59. The molecule has 1 aromatic carbocycles. The van der Waals surface area contributed by atoms with Crippen molar-refractivity contribution in [2.45, 2.75) is 6.18 Å². The molecule has 0 spiro atoms. The maximum Gasteiger partial charge on any atom is 0.432 e. The monoisotopic (exact) mass is 240 g/mol. The van der Waals surface area contributed by atoms with E-state index < -0.39 is 17.4 Å². The van der Waals surface area contributed by atoms with Gasteiger partial charge in [-0.3, -0.25) is 0 Å². The van der Waals surface area contributed by atoms with Gasteiger partial charge in [-0.05, 0) is 6.07 Å².